The maximum atomic E-state index is 5.48. The van der Waals surface area contributed by atoms with E-state index >= 15 is 0 Å². The van der Waals surface area contributed by atoms with E-state index in [0.29, 0.717) is 32.1 Å². The second-order valence-corrected chi connectivity index (χ2v) is 3.70. The lowest BCUT2D eigenvalue weighted by Gasteiger charge is -2.05. The minimum atomic E-state index is 0.376. The van der Waals surface area contributed by atoms with Crippen molar-refractivity contribution in [1.82, 2.24) is 5.16 Å². The molecule has 0 atom stereocenters. The van der Waals surface area contributed by atoms with Crippen molar-refractivity contribution >= 4 is 0 Å². The molecule has 2 N–H and O–H groups in total. The largest absolute Gasteiger partial charge is 0.491 e. The first-order valence-corrected chi connectivity index (χ1v) is 5.78. The van der Waals surface area contributed by atoms with E-state index in [1.165, 1.54) is 0 Å². The Balaban J connectivity index is 1.61. The molecule has 0 saturated carbocycles. The second-order valence-electron chi connectivity index (χ2n) is 3.70. The number of nitrogens with two attached hydrogens (primary N) is 1. The van der Waals surface area contributed by atoms with E-state index in [9.17, 15) is 0 Å². The first-order valence-electron chi connectivity index (χ1n) is 5.78. The van der Waals surface area contributed by atoms with Gasteiger partial charge in [-0.3, -0.25) is 0 Å². The fraction of sp³-hybridized carbons (Fsp3) is 0.308. The molecule has 0 amide bonds. The number of hydrogen-bond donors (Lipinski definition) is 1. The highest BCUT2D eigenvalue weighted by molar-refractivity contribution is 5.20. The summed E-state index contributed by atoms with van der Waals surface area (Å²) in [5.74, 6) is 1.52. The molecule has 0 aliphatic carbocycles. The van der Waals surface area contributed by atoms with Crippen molar-refractivity contribution in [3.8, 4) is 5.75 Å². The third-order valence-corrected chi connectivity index (χ3v) is 2.30. The molecule has 1 aromatic heterocycles. The first-order chi connectivity index (χ1) is 8.88. The van der Waals surface area contributed by atoms with Crippen LogP contribution in [-0.4, -0.2) is 18.4 Å². The molecular weight excluding hydrogens is 232 g/mol. The molecule has 0 saturated heterocycles. The van der Waals surface area contributed by atoms with Crippen molar-refractivity contribution in [3.05, 3.63) is 47.9 Å². The van der Waals surface area contributed by atoms with Gasteiger partial charge in [0.1, 0.15) is 19.0 Å². The van der Waals surface area contributed by atoms with Crippen LogP contribution in [0.15, 0.2) is 40.9 Å². The average molecular weight is 248 g/mol. The molecule has 0 spiro atoms. The average Bonchev–Trinajstić information content (AvgIpc) is 2.87. The van der Waals surface area contributed by atoms with E-state index in [-0.39, 0.29) is 0 Å². The number of benzene rings is 1. The molecule has 0 aliphatic heterocycles. The summed E-state index contributed by atoms with van der Waals surface area (Å²) in [5, 5.41) is 3.77. The number of hydrogen-bond acceptors (Lipinski definition) is 5. The van der Waals surface area contributed by atoms with Gasteiger partial charge in [0.2, 0.25) is 0 Å². The Kier molecular flexibility index (Phi) is 4.75. The molecule has 1 aromatic carbocycles. The third-order valence-electron chi connectivity index (χ3n) is 2.30. The molecule has 0 aliphatic rings. The predicted octanol–water partition coefficient (Wildman–Crippen LogP) is 1.73. The van der Waals surface area contributed by atoms with Gasteiger partial charge >= 0.3 is 0 Å². The zero-order chi connectivity index (χ0) is 12.6. The van der Waals surface area contributed by atoms with E-state index in [1.54, 1.807) is 6.07 Å². The van der Waals surface area contributed by atoms with Crippen molar-refractivity contribution in [2.24, 2.45) is 5.73 Å². The van der Waals surface area contributed by atoms with Gasteiger partial charge in [-0.1, -0.05) is 23.4 Å². The molecule has 96 valence electrons. The lowest BCUT2D eigenvalue weighted by Crippen LogP contribution is -2.06. The van der Waals surface area contributed by atoms with Gasteiger partial charge in [-0.25, -0.2) is 0 Å². The highest BCUT2D eigenvalue weighted by Gasteiger charge is 2.02. The molecule has 5 heteroatoms. The van der Waals surface area contributed by atoms with Gasteiger partial charge in [-0.15, -0.1) is 0 Å². The number of ether oxygens (including phenoxy) is 2. The standard InChI is InChI=1S/C13H16N2O3/c14-9-11-8-13(18-15-11)10-16-6-7-17-12-4-2-1-3-5-12/h1-5,8H,6-7,9-10,14H2. The van der Waals surface area contributed by atoms with Crippen LogP contribution in [0.3, 0.4) is 0 Å². The summed E-state index contributed by atoms with van der Waals surface area (Å²) in [7, 11) is 0. The van der Waals surface area contributed by atoms with Crippen molar-refractivity contribution < 1.29 is 14.0 Å². The molecule has 2 aromatic rings. The van der Waals surface area contributed by atoms with E-state index < -0.39 is 0 Å². The van der Waals surface area contributed by atoms with Crippen LogP contribution < -0.4 is 10.5 Å². The van der Waals surface area contributed by atoms with Gasteiger partial charge < -0.3 is 19.7 Å². The molecule has 2 rings (SSSR count). The number of para-hydroxylation sites is 1. The number of nitrogens with zero attached hydrogens (tertiary/aromatic N) is 1. The van der Waals surface area contributed by atoms with E-state index in [0.717, 1.165) is 11.4 Å². The fourth-order valence-corrected chi connectivity index (χ4v) is 1.43. The van der Waals surface area contributed by atoms with Gasteiger partial charge in [0.15, 0.2) is 5.76 Å². The Labute approximate surface area is 105 Å². The lowest BCUT2D eigenvalue weighted by molar-refractivity contribution is 0.0747. The van der Waals surface area contributed by atoms with Crippen molar-refractivity contribution in [2.75, 3.05) is 13.2 Å². The van der Waals surface area contributed by atoms with Crippen LogP contribution in [0.5, 0.6) is 5.75 Å². The summed E-state index contributed by atoms with van der Waals surface area (Å²) < 4.78 is 15.9. The third kappa shape index (κ3) is 3.87. The first kappa shape index (κ1) is 12.6. The van der Waals surface area contributed by atoms with Crippen LogP contribution in [0, 0.1) is 0 Å². The smallest absolute Gasteiger partial charge is 0.162 e. The fourth-order valence-electron chi connectivity index (χ4n) is 1.43. The van der Waals surface area contributed by atoms with Gasteiger partial charge in [-0.2, -0.15) is 0 Å². The topological polar surface area (TPSA) is 70.5 Å². The quantitative estimate of drug-likeness (QED) is 0.755. The predicted molar refractivity (Wildman–Crippen MR) is 66.0 cm³/mol. The molecule has 5 nitrogen and oxygen atoms in total. The van der Waals surface area contributed by atoms with Crippen LogP contribution in [0.4, 0.5) is 0 Å². The van der Waals surface area contributed by atoms with Crippen LogP contribution in [0.1, 0.15) is 11.5 Å². The van der Waals surface area contributed by atoms with Crippen molar-refractivity contribution in [3.63, 3.8) is 0 Å². The molecule has 0 radical (unpaired) electrons. The second kappa shape index (κ2) is 6.78. The zero-order valence-corrected chi connectivity index (χ0v) is 10.0. The normalized spacial score (nSPS) is 10.5. The molecule has 1 heterocycles. The molecule has 0 bridgehead atoms. The summed E-state index contributed by atoms with van der Waals surface area (Å²) >= 11 is 0. The SMILES string of the molecule is NCc1cc(COCCOc2ccccc2)on1. The lowest BCUT2D eigenvalue weighted by atomic mass is 10.3. The Morgan fingerprint density at radius 1 is 1.17 bits per heavy atom. The van der Waals surface area contributed by atoms with Gasteiger partial charge in [0, 0.05) is 12.6 Å². The minimum Gasteiger partial charge on any atom is -0.491 e. The summed E-state index contributed by atoms with van der Waals surface area (Å²) in [5.41, 5.74) is 6.15. The van der Waals surface area contributed by atoms with Gasteiger partial charge in [0.25, 0.3) is 0 Å². The van der Waals surface area contributed by atoms with Gasteiger partial charge in [-0.05, 0) is 12.1 Å². The van der Waals surface area contributed by atoms with Crippen LogP contribution in [0.2, 0.25) is 0 Å². The Morgan fingerprint density at radius 2 is 2.00 bits per heavy atom. The highest BCUT2D eigenvalue weighted by atomic mass is 16.5. The summed E-state index contributed by atoms with van der Waals surface area (Å²) in [6.45, 7) is 1.75. The molecular formula is C13H16N2O3. The molecule has 0 unspecified atom stereocenters. The zero-order valence-electron chi connectivity index (χ0n) is 10.0. The summed E-state index contributed by atoms with van der Waals surface area (Å²) in [4.78, 5) is 0. The Morgan fingerprint density at radius 3 is 2.72 bits per heavy atom. The maximum Gasteiger partial charge on any atom is 0.162 e. The van der Waals surface area contributed by atoms with Crippen LogP contribution in [0.25, 0.3) is 0 Å². The highest BCUT2D eigenvalue weighted by Crippen LogP contribution is 2.08. The Bertz CT molecular complexity index is 456. The van der Waals surface area contributed by atoms with E-state index in [2.05, 4.69) is 5.16 Å². The number of aromatic nitrogens is 1. The van der Waals surface area contributed by atoms with Crippen LogP contribution >= 0.6 is 0 Å². The van der Waals surface area contributed by atoms with Crippen molar-refractivity contribution in [2.45, 2.75) is 13.2 Å². The monoisotopic (exact) mass is 248 g/mol. The van der Waals surface area contributed by atoms with Crippen LogP contribution in [-0.2, 0) is 17.9 Å². The van der Waals surface area contributed by atoms with Crippen molar-refractivity contribution in [1.29, 1.82) is 0 Å². The molecule has 18 heavy (non-hydrogen) atoms. The maximum absolute atomic E-state index is 5.48. The van der Waals surface area contributed by atoms with E-state index in [1.807, 2.05) is 30.3 Å². The Hall–Kier alpha value is -1.85. The summed E-state index contributed by atoms with van der Waals surface area (Å²) in [6.07, 6.45) is 0. The minimum absolute atomic E-state index is 0.376. The summed E-state index contributed by atoms with van der Waals surface area (Å²) in [6, 6.07) is 11.4. The van der Waals surface area contributed by atoms with E-state index in [4.69, 9.17) is 19.7 Å². The van der Waals surface area contributed by atoms with Gasteiger partial charge in [0.05, 0.1) is 12.3 Å². The molecule has 0 fully saturated rings. The number of rotatable bonds is 7.